The van der Waals surface area contributed by atoms with Crippen molar-refractivity contribution in [2.45, 2.75) is 20.4 Å². The SMILES string of the molecule is Cc1cc(C)cc(-n2cc(CNC(=O)CN)nn2)c1. The Balaban J connectivity index is 2.14. The fraction of sp³-hybridized carbons (Fsp3) is 0.308. The summed E-state index contributed by atoms with van der Waals surface area (Å²) in [4.78, 5) is 11.1. The monoisotopic (exact) mass is 259 g/mol. The van der Waals surface area contributed by atoms with E-state index >= 15 is 0 Å². The topological polar surface area (TPSA) is 85.8 Å². The van der Waals surface area contributed by atoms with Crippen LogP contribution < -0.4 is 11.1 Å². The molecule has 6 nitrogen and oxygen atoms in total. The largest absolute Gasteiger partial charge is 0.349 e. The van der Waals surface area contributed by atoms with Crippen LogP contribution in [0.15, 0.2) is 24.4 Å². The van der Waals surface area contributed by atoms with Crippen LogP contribution in [0.5, 0.6) is 0 Å². The zero-order valence-corrected chi connectivity index (χ0v) is 11.1. The molecule has 2 rings (SSSR count). The van der Waals surface area contributed by atoms with Gasteiger partial charge in [-0.05, 0) is 37.1 Å². The summed E-state index contributed by atoms with van der Waals surface area (Å²) in [5, 5.41) is 10.7. The zero-order chi connectivity index (χ0) is 13.8. The van der Waals surface area contributed by atoms with Gasteiger partial charge in [-0.3, -0.25) is 4.79 Å². The molecule has 0 bridgehead atoms. The van der Waals surface area contributed by atoms with Crippen LogP contribution >= 0.6 is 0 Å². The second-order valence-electron chi connectivity index (χ2n) is 4.48. The number of carbonyl (C=O) groups is 1. The highest BCUT2D eigenvalue weighted by atomic mass is 16.1. The molecule has 0 radical (unpaired) electrons. The molecule has 0 saturated heterocycles. The van der Waals surface area contributed by atoms with Crippen molar-refractivity contribution in [3.8, 4) is 5.69 Å². The van der Waals surface area contributed by atoms with Gasteiger partial charge < -0.3 is 11.1 Å². The van der Waals surface area contributed by atoms with Crippen LogP contribution in [0.3, 0.4) is 0 Å². The highest BCUT2D eigenvalue weighted by Crippen LogP contribution is 2.12. The van der Waals surface area contributed by atoms with E-state index in [0.29, 0.717) is 12.2 Å². The average Bonchev–Trinajstić information content (AvgIpc) is 2.83. The molecular formula is C13H17N5O. The summed E-state index contributed by atoms with van der Waals surface area (Å²) >= 11 is 0. The summed E-state index contributed by atoms with van der Waals surface area (Å²) in [6, 6.07) is 6.16. The summed E-state index contributed by atoms with van der Waals surface area (Å²) in [6.07, 6.45) is 1.80. The Bertz CT molecular complexity index is 570. The van der Waals surface area contributed by atoms with Gasteiger partial charge >= 0.3 is 0 Å². The first kappa shape index (κ1) is 13.2. The van der Waals surface area contributed by atoms with Crippen molar-refractivity contribution in [2.24, 2.45) is 5.73 Å². The third-order valence-corrected chi connectivity index (χ3v) is 2.66. The maximum Gasteiger partial charge on any atom is 0.234 e. The maximum atomic E-state index is 11.1. The molecule has 0 spiro atoms. The lowest BCUT2D eigenvalue weighted by atomic mass is 10.1. The van der Waals surface area contributed by atoms with E-state index < -0.39 is 0 Å². The molecule has 2 aromatic rings. The van der Waals surface area contributed by atoms with Gasteiger partial charge in [0.05, 0.1) is 25.0 Å². The summed E-state index contributed by atoms with van der Waals surface area (Å²) in [5.41, 5.74) is 9.21. The van der Waals surface area contributed by atoms with E-state index in [4.69, 9.17) is 5.73 Å². The first-order valence-corrected chi connectivity index (χ1v) is 6.05. The van der Waals surface area contributed by atoms with E-state index in [-0.39, 0.29) is 12.5 Å². The lowest BCUT2D eigenvalue weighted by molar-refractivity contribution is -0.119. The van der Waals surface area contributed by atoms with Crippen molar-refractivity contribution in [3.63, 3.8) is 0 Å². The lowest BCUT2D eigenvalue weighted by Gasteiger charge is -2.03. The van der Waals surface area contributed by atoms with E-state index in [2.05, 4.69) is 21.7 Å². The van der Waals surface area contributed by atoms with Gasteiger partial charge in [-0.1, -0.05) is 11.3 Å². The highest BCUT2D eigenvalue weighted by molar-refractivity contribution is 5.77. The predicted octanol–water partition coefficient (Wildman–Crippen LogP) is 0.459. The van der Waals surface area contributed by atoms with Gasteiger partial charge in [0.25, 0.3) is 0 Å². The van der Waals surface area contributed by atoms with Crippen molar-refractivity contribution in [1.82, 2.24) is 20.3 Å². The van der Waals surface area contributed by atoms with Gasteiger partial charge in [-0.15, -0.1) is 5.10 Å². The molecule has 0 aliphatic carbocycles. The second kappa shape index (κ2) is 5.62. The second-order valence-corrected chi connectivity index (χ2v) is 4.48. The smallest absolute Gasteiger partial charge is 0.234 e. The third-order valence-electron chi connectivity index (χ3n) is 2.66. The van der Waals surface area contributed by atoms with E-state index in [1.165, 1.54) is 11.1 Å². The van der Waals surface area contributed by atoms with Gasteiger partial charge in [-0.2, -0.15) is 0 Å². The van der Waals surface area contributed by atoms with Gasteiger partial charge in [0.1, 0.15) is 5.69 Å². The molecule has 0 atom stereocenters. The average molecular weight is 259 g/mol. The Morgan fingerprint density at radius 2 is 2.00 bits per heavy atom. The molecule has 0 aliphatic rings. The van der Waals surface area contributed by atoms with Crippen LogP contribution in [0.4, 0.5) is 0 Å². The third kappa shape index (κ3) is 3.38. The Hall–Kier alpha value is -2.21. The van der Waals surface area contributed by atoms with Gasteiger partial charge in [-0.25, -0.2) is 4.68 Å². The van der Waals surface area contributed by atoms with Gasteiger partial charge in [0.2, 0.25) is 5.91 Å². The van der Waals surface area contributed by atoms with Crippen LogP contribution in [0.1, 0.15) is 16.8 Å². The number of carbonyl (C=O) groups excluding carboxylic acids is 1. The minimum absolute atomic E-state index is 0.0226. The fourth-order valence-electron chi connectivity index (χ4n) is 1.85. The Morgan fingerprint density at radius 3 is 2.63 bits per heavy atom. The molecule has 0 unspecified atom stereocenters. The van der Waals surface area contributed by atoms with Crippen molar-refractivity contribution in [1.29, 1.82) is 0 Å². The number of nitrogens with one attached hydrogen (secondary N) is 1. The van der Waals surface area contributed by atoms with Crippen molar-refractivity contribution in [3.05, 3.63) is 41.2 Å². The first-order chi connectivity index (χ1) is 9.08. The molecule has 3 N–H and O–H groups in total. The van der Waals surface area contributed by atoms with Crippen molar-refractivity contribution in [2.75, 3.05) is 6.54 Å². The zero-order valence-electron chi connectivity index (χ0n) is 11.1. The summed E-state index contributed by atoms with van der Waals surface area (Å²) in [7, 11) is 0. The Morgan fingerprint density at radius 1 is 1.32 bits per heavy atom. The van der Waals surface area contributed by atoms with Crippen LogP contribution in [0.25, 0.3) is 5.69 Å². The molecule has 1 amide bonds. The number of amides is 1. The molecule has 100 valence electrons. The number of benzene rings is 1. The number of rotatable bonds is 4. The van der Waals surface area contributed by atoms with Gasteiger partial charge in [0, 0.05) is 0 Å². The summed E-state index contributed by atoms with van der Waals surface area (Å²) in [5.74, 6) is -0.207. The lowest BCUT2D eigenvalue weighted by Crippen LogP contribution is -2.29. The maximum absolute atomic E-state index is 11.1. The number of aryl methyl sites for hydroxylation is 2. The van der Waals surface area contributed by atoms with Crippen molar-refractivity contribution < 1.29 is 4.79 Å². The summed E-state index contributed by atoms with van der Waals surface area (Å²) in [6.45, 7) is 4.39. The molecule has 1 heterocycles. The predicted molar refractivity (Wildman–Crippen MR) is 71.7 cm³/mol. The van der Waals surface area contributed by atoms with Gasteiger partial charge in [0.15, 0.2) is 0 Å². The van der Waals surface area contributed by atoms with E-state index in [1.54, 1.807) is 10.9 Å². The normalized spacial score (nSPS) is 10.5. The van der Waals surface area contributed by atoms with Crippen molar-refractivity contribution >= 4 is 5.91 Å². The highest BCUT2D eigenvalue weighted by Gasteiger charge is 2.05. The molecule has 1 aromatic heterocycles. The van der Waals surface area contributed by atoms with Crippen LogP contribution in [0, 0.1) is 13.8 Å². The molecule has 1 aromatic carbocycles. The van der Waals surface area contributed by atoms with E-state index in [9.17, 15) is 4.79 Å². The Labute approximate surface area is 111 Å². The Kier molecular flexibility index (Phi) is 3.91. The fourth-order valence-corrected chi connectivity index (χ4v) is 1.85. The quantitative estimate of drug-likeness (QED) is 0.835. The number of aromatic nitrogens is 3. The number of nitrogens with two attached hydrogens (primary N) is 1. The molecule has 0 aliphatic heterocycles. The standard InChI is InChI=1S/C13H17N5O/c1-9-3-10(2)5-12(4-9)18-8-11(16-17-18)7-15-13(19)6-14/h3-5,8H,6-7,14H2,1-2H3,(H,15,19). The van der Waals surface area contributed by atoms with Crippen LogP contribution in [-0.2, 0) is 11.3 Å². The minimum Gasteiger partial charge on any atom is -0.349 e. The number of nitrogens with zero attached hydrogens (tertiary/aromatic N) is 3. The molecule has 19 heavy (non-hydrogen) atoms. The molecule has 0 fully saturated rings. The number of hydrogen-bond donors (Lipinski definition) is 2. The summed E-state index contributed by atoms with van der Waals surface area (Å²) < 4.78 is 1.70. The first-order valence-electron chi connectivity index (χ1n) is 6.05. The van der Waals surface area contributed by atoms with E-state index in [1.807, 2.05) is 26.0 Å². The molecule has 0 saturated carbocycles. The minimum atomic E-state index is -0.207. The molecular weight excluding hydrogens is 242 g/mol. The van der Waals surface area contributed by atoms with Crippen LogP contribution in [0.2, 0.25) is 0 Å². The number of hydrogen-bond acceptors (Lipinski definition) is 4. The van der Waals surface area contributed by atoms with Crippen LogP contribution in [-0.4, -0.2) is 27.4 Å². The molecule has 6 heteroatoms. The van der Waals surface area contributed by atoms with E-state index in [0.717, 1.165) is 5.69 Å².